The van der Waals surface area contributed by atoms with Crippen molar-refractivity contribution in [3.8, 4) is 6.07 Å². The molecule has 3 nitrogen and oxygen atoms in total. The molecule has 0 aromatic heterocycles. The highest BCUT2D eigenvalue weighted by Gasteiger charge is 2.12. The Morgan fingerprint density at radius 3 is 2.08 bits per heavy atom. The highest BCUT2D eigenvalue weighted by Crippen LogP contribution is 2.11. The van der Waals surface area contributed by atoms with Gasteiger partial charge < -0.3 is 0 Å². The number of rotatable bonds is 2. The second-order valence-electron chi connectivity index (χ2n) is 4.04. The van der Waals surface area contributed by atoms with E-state index in [9.17, 15) is 0 Å². The molecule has 0 fully saturated rings. The number of hydrogen-bond donors (Lipinski definition) is 0. The summed E-state index contributed by atoms with van der Waals surface area (Å²) >= 11 is 0. The molecule has 0 aromatic carbocycles. The molecule has 0 bridgehead atoms. The van der Waals surface area contributed by atoms with E-state index < -0.39 is 0 Å². The lowest BCUT2D eigenvalue weighted by Crippen LogP contribution is -2.13. The summed E-state index contributed by atoms with van der Waals surface area (Å²) in [6.45, 7) is 9.72. The lowest BCUT2D eigenvalue weighted by molar-refractivity contribution is 0.485. The van der Waals surface area contributed by atoms with Crippen LogP contribution in [0.2, 0.25) is 0 Å². The Balaban J connectivity index is 4.11. The van der Waals surface area contributed by atoms with E-state index in [4.69, 9.17) is 5.26 Å². The van der Waals surface area contributed by atoms with E-state index in [1.54, 1.807) is 0 Å². The third-order valence-electron chi connectivity index (χ3n) is 1.47. The Morgan fingerprint density at radius 2 is 1.75 bits per heavy atom. The van der Waals surface area contributed by atoms with E-state index >= 15 is 0 Å². The molecule has 0 spiro atoms. The minimum absolute atomic E-state index is 0.00535. The van der Waals surface area contributed by atoms with Gasteiger partial charge in [-0.05, 0) is 34.6 Å². The zero-order valence-corrected chi connectivity index (χ0v) is 8.50. The highest BCUT2D eigenvalue weighted by atomic mass is 15.2. The Bertz CT molecular complexity index is 195. The molecule has 0 amide bonds. The zero-order chi connectivity index (χ0) is 9.78. The molecule has 0 aliphatic carbocycles. The number of nitrogens with zero attached hydrogens (tertiary/aromatic N) is 3. The first-order chi connectivity index (χ1) is 5.37. The smallest absolute Gasteiger partial charge is 0.0835 e. The van der Waals surface area contributed by atoms with Crippen LogP contribution in [0.3, 0.4) is 0 Å². The van der Waals surface area contributed by atoms with Gasteiger partial charge in [-0.15, -0.1) is 0 Å². The molecule has 0 aliphatic rings. The molecule has 0 saturated heterocycles. The standard InChI is InChI=1S/C9H17N3/c1-7(6-10)8(2)11-12-9(3,4)5/h7-8H,1-5H3. The Hall–Kier alpha value is -0.910. The summed E-state index contributed by atoms with van der Waals surface area (Å²) in [5, 5.41) is 16.8. The van der Waals surface area contributed by atoms with Crippen LogP contribution in [0.4, 0.5) is 0 Å². The summed E-state index contributed by atoms with van der Waals surface area (Å²) in [4.78, 5) is 0. The van der Waals surface area contributed by atoms with Crippen molar-refractivity contribution in [1.29, 1.82) is 5.26 Å². The lowest BCUT2D eigenvalue weighted by atomic mass is 10.1. The molecule has 0 saturated carbocycles. The summed E-state index contributed by atoms with van der Waals surface area (Å²) in [5.41, 5.74) is -0.135. The minimum atomic E-state index is -0.135. The van der Waals surface area contributed by atoms with E-state index in [1.165, 1.54) is 0 Å². The van der Waals surface area contributed by atoms with E-state index in [-0.39, 0.29) is 17.5 Å². The van der Waals surface area contributed by atoms with Gasteiger partial charge in [0.1, 0.15) is 0 Å². The molecule has 0 heterocycles. The van der Waals surface area contributed by atoms with Crippen molar-refractivity contribution < 1.29 is 0 Å². The summed E-state index contributed by atoms with van der Waals surface area (Å²) in [6, 6.07) is 2.14. The third kappa shape index (κ3) is 4.84. The summed E-state index contributed by atoms with van der Waals surface area (Å²) in [7, 11) is 0. The van der Waals surface area contributed by atoms with Crippen molar-refractivity contribution in [3.05, 3.63) is 0 Å². The summed E-state index contributed by atoms with van der Waals surface area (Å²) in [6.07, 6.45) is 0. The topological polar surface area (TPSA) is 48.5 Å². The SMILES string of the molecule is CC(C#N)C(C)N=NC(C)(C)C. The first kappa shape index (κ1) is 11.1. The molecular formula is C9H17N3. The average Bonchev–Trinajstić information content (AvgIpc) is 1.97. The molecule has 12 heavy (non-hydrogen) atoms. The summed E-state index contributed by atoms with van der Waals surface area (Å²) < 4.78 is 0. The van der Waals surface area contributed by atoms with Crippen LogP contribution in [-0.2, 0) is 0 Å². The van der Waals surface area contributed by atoms with E-state index in [0.29, 0.717) is 0 Å². The Labute approximate surface area is 74.5 Å². The Morgan fingerprint density at radius 1 is 1.25 bits per heavy atom. The van der Waals surface area contributed by atoms with Gasteiger partial charge in [0.2, 0.25) is 0 Å². The highest BCUT2D eigenvalue weighted by molar-refractivity contribution is 4.86. The molecule has 0 aromatic rings. The first-order valence-corrected chi connectivity index (χ1v) is 4.18. The predicted octanol–water partition coefficient (Wildman–Crippen LogP) is 2.79. The van der Waals surface area contributed by atoms with Crippen LogP contribution in [0.1, 0.15) is 34.6 Å². The van der Waals surface area contributed by atoms with Gasteiger partial charge in [-0.2, -0.15) is 15.5 Å². The largest absolute Gasteiger partial charge is 0.198 e. The van der Waals surface area contributed by atoms with Gasteiger partial charge in [0.15, 0.2) is 0 Å². The number of nitriles is 1. The molecule has 0 N–H and O–H groups in total. The minimum Gasteiger partial charge on any atom is -0.198 e. The monoisotopic (exact) mass is 167 g/mol. The van der Waals surface area contributed by atoms with Gasteiger partial charge in [0.25, 0.3) is 0 Å². The fourth-order valence-electron chi connectivity index (χ4n) is 0.472. The molecule has 2 atom stereocenters. The maximum atomic E-state index is 8.58. The van der Waals surface area contributed by atoms with E-state index in [1.807, 2.05) is 34.6 Å². The van der Waals surface area contributed by atoms with Crippen molar-refractivity contribution in [2.24, 2.45) is 16.1 Å². The van der Waals surface area contributed by atoms with Crippen molar-refractivity contribution >= 4 is 0 Å². The molecule has 0 rings (SSSR count). The van der Waals surface area contributed by atoms with Gasteiger partial charge in [-0.1, -0.05) is 0 Å². The third-order valence-corrected chi connectivity index (χ3v) is 1.47. The van der Waals surface area contributed by atoms with E-state index in [0.717, 1.165) is 0 Å². The number of hydrogen-bond acceptors (Lipinski definition) is 3. The fourth-order valence-corrected chi connectivity index (χ4v) is 0.472. The van der Waals surface area contributed by atoms with Crippen LogP contribution in [-0.4, -0.2) is 11.6 Å². The molecule has 2 unspecified atom stereocenters. The average molecular weight is 167 g/mol. The van der Waals surface area contributed by atoms with Crippen LogP contribution in [0.25, 0.3) is 0 Å². The summed E-state index contributed by atoms with van der Waals surface area (Å²) in [5.74, 6) is -0.0592. The predicted molar refractivity (Wildman–Crippen MR) is 48.8 cm³/mol. The molecule has 0 aliphatic heterocycles. The second-order valence-corrected chi connectivity index (χ2v) is 4.04. The van der Waals surface area contributed by atoms with Crippen LogP contribution < -0.4 is 0 Å². The Kier molecular flexibility index (Phi) is 3.88. The first-order valence-electron chi connectivity index (χ1n) is 4.18. The lowest BCUT2D eigenvalue weighted by Gasteiger charge is -2.12. The van der Waals surface area contributed by atoms with Gasteiger partial charge >= 0.3 is 0 Å². The van der Waals surface area contributed by atoms with Crippen molar-refractivity contribution in [3.63, 3.8) is 0 Å². The quantitative estimate of drug-likeness (QED) is 0.583. The van der Waals surface area contributed by atoms with Crippen LogP contribution in [0.5, 0.6) is 0 Å². The van der Waals surface area contributed by atoms with Crippen molar-refractivity contribution in [1.82, 2.24) is 0 Å². The van der Waals surface area contributed by atoms with Crippen LogP contribution in [0, 0.1) is 17.2 Å². The van der Waals surface area contributed by atoms with Crippen molar-refractivity contribution in [2.45, 2.75) is 46.2 Å². The van der Waals surface area contributed by atoms with Crippen LogP contribution >= 0.6 is 0 Å². The normalized spacial score (nSPS) is 17.3. The molecule has 0 radical (unpaired) electrons. The van der Waals surface area contributed by atoms with E-state index in [2.05, 4.69) is 16.3 Å². The maximum Gasteiger partial charge on any atom is 0.0835 e. The zero-order valence-electron chi connectivity index (χ0n) is 8.50. The van der Waals surface area contributed by atoms with Gasteiger partial charge in [-0.25, -0.2) is 0 Å². The van der Waals surface area contributed by atoms with Crippen LogP contribution in [0.15, 0.2) is 10.2 Å². The fraction of sp³-hybridized carbons (Fsp3) is 0.889. The number of azo groups is 1. The van der Waals surface area contributed by atoms with Crippen molar-refractivity contribution in [2.75, 3.05) is 0 Å². The second kappa shape index (κ2) is 4.20. The molecule has 68 valence electrons. The van der Waals surface area contributed by atoms with Gasteiger partial charge in [-0.3, -0.25) is 0 Å². The molecular weight excluding hydrogens is 150 g/mol. The van der Waals surface area contributed by atoms with Gasteiger partial charge in [0.05, 0.1) is 23.6 Å². The molecule has 3 heteroatoms. The maximum absolute atomic E-state index is 8.58. The van der Waals surface area contributed by atoms with Gasteiger partial charge in [0, 0.05) is 0 Å².